The molecule has 1 heterocycles. The predicted molar refractivity (Wildman–Crippen MR) is 114 cm³/mol. The maximum absolute atomic E-state index is 13.8. The van der Waals surface area contributed by atoms with Crippen LogP contribution in [0.4, 0.5) is 18.9 Å². The highest BCUT2D eigenvalue weighted by Crippen LogP contribution is 2.19. The van der Waals surface area contributed by atoms with Crippen molar-refractivity contribution in [3.63, 3.8) is 0 Å². The van der Waals surface area contributed by atoms with E-state index >= 15 is 0 Å². The Morgan fingerprint density at radius 3 is 2.56 bits per heavy atom. The van der Waals surface area contributed by atoms with Gasteiger partial charge in [-0.25, -0.2) is 17.9 Å². The summed E-state index contributed by atoms with van der Waals surface area (Å²) in [5, 5.41) is 6.41. The number of nitrogens with zero attached hydrogens (tertiary/aromatic N) is 3. The standard InChI is InChI=1S/C23H21F3N4O2/c1-2-12-29(15-20(31)28-19-10-9-18(24)22(25)23(19)26)21(32)11-8-16-13-27-30(14-16)17-6-4-3-5-7-17/h3-11,13-14H,2,12,15H2,1H3,(H,28,31)/b11-8+. The van der Waals surface area contributed by atoms with E-state index in [9.17, 15) is 22.8 Å². The van der Waals surface area contributed by atoms with E-state index in [2.05, 4.69) is 10.4 Å². The SMILES string of the molecule is CCCN(CC(=O)Nc1ccc(F)c(F)c1F)C(=O)/C=C/c1cnn(-c2ccccc2)c1. The molecule has 2 aromatic carbocycles. The Morgan fingerprint density at radius 2 is 1.84 bits per heavy atom. The number of halogens is 3. The molecule has 0 bridgehead atoms. The number of nitrogens with one attached hydrogen (secondary N) is 1. The fourth-order valence-corrected chi connectivity index (χ4v) is 2.94. The fourth-order valence-electron chi connectivity index (χ4n) is 2.94. The lowest BCUT2D eigenvalue weighted by atomic mass is 10.2. The number of hydrogen-bond acceptors (Lipinski definition) is 3. The van der Waals surface area contributed by atoms with Crippen LogP contribution in [0.15, 0.2) is 60.9 Å². The number of benzene rings is 2. The van der Waals surface area contributed by atoms with Crippen LogP contribution in [0.1, 0.15) is 18.9 Å². The summed E-state index contributed by atoms with van der Waals surface area (Å²) in [7, 11) is 0. The maximum Gasteiger partial charge on any atom is 0.247 e. The highest BCUT2D eigenvalue weighted by molar-refractivity contribution is 5.98. The molecule has 6 nitrogen and oxygen atoms in total. The van der Waals surface area contributed by atoms with E-state index in [1.165, 1.54) is 11.0 Å². The highest BCUT2D eigenvalue weighted by atomic mass is 19.2. The first-order valence-electron chi connectivity index (χ1n) is 9.89. The minimum atomic E-state index is -1.68. The molecular weight excluding hydrogens is 421 g/mol. The number of amides is 2. The molecule has 0 radical (unpaired) electrons. The lowest BCUT2D eigenvalue weighted by Gasteiger charge is -2.20. The molecular formula is C23H21F3N4O2. The molecule has 32 heavy (non-hydrogen) atoms. The summed E-state index contributed by atoms with van der Waals surface area (Å²) in [5.41, 5.74) is 1.06. The normalized spacial score (nSPS) is 11.0. The van der Waals surface area contributed by atoms with Crippen molar-refractivity contribution in [2.75, 3.05) is 18.4 Å². The lowest BCUT2D eigenvalue weighted by molar-refractivity contribution is -0.130. The Balaban J connectivity index is 1.65. The minimum Gasteiger partial charge on any atom is -0.330 e. The predicted octanol–water partition coefficient (Wildman–Crippen LogP) is 4.18. The first-order chi connectivity index (χ1) is 15.4. The van der Waals surface area contributed by atoms with Gasteiger partial charge in [0.1, 0.15) is 6.54 Å². The molecule has 1 aromatic heterocycles. The van der Waals surface area contributed by atoms with Gasteiger partial charge >= 0.3 is 0 Å². The second kappa shape index (κ2) is 10.4. The third-order valence-electron chi connectivity index (χ3n) is 4.49. The van der Waals surface area contributed by atoms with Crippen molar-refractivity contribution in [3.05, 3.63) is 83.9 Å². The molecule has 0 atom stereocenters. The number of aromatic nitrogens is 2. The lowest BCUT2D eigenvalue weighted by Crippen LogP contribution is -2.37. The molecule has 2 amide bonds. The van der Waals surface area contributed by atoms with Crippen molar-refractivity contribution in [1.82, 2.24) is 14.7 Å². The van der Waals surface area contributed by atoms with Crippen LogP contribution in [0, 0.1) is 17.5 Å². The van der Waals surface area contributed by atoms with E-state index < -0.39 is 35.0 Å². The van der Waals surface area contributed by atoms with Crippen molar-refractivity contribution >= 4 is 23.6 Å². The smallest absolute Gasteiger partial charge is 0.247 e. The minimum absolute atomic E-state index is 0.278. The van der Waals surface area contributed by atoms with Gasteiger partial charge in [-0.3, -0.25) is 9.59 Å². The number of carbonyl (C=O) groups is 2. The van der Waals surface area contributed by atoms with Crippen LogP contribution in [0.25, 0.3) is 11.8 Å². The van der Waals surface area contributed by atoms with Gasteiger partial charge in [0.2, 0.25) is 11.8 Å². The molecule has 0 aliphatic rings. The van der Waals surface area contributed by atoms with Crippen molar-refractivity contribution in [1.29, 1.82) is 0 Å². The number of rotatable bonds is 8. The Morgan fingerprint density at radius 1 is 1.09 bits per heavy atom. The zero-order valence-corrected chi connectivity index (χ0v) is 17.3. The zero-order chi connectivity index (χ0) is 23.1. The molecule has 0 saturated carbocycles. The monoisotopic (exact) mass is 442 g/mol. The third-order valence-corrected chi connectivity index (χ3v) is 4.49. The summed E-state index contributed by atoms with van der Waals surface area (Å²) in [6, 6.07) is 11.1. The van der Waals surface area contributed by atoms with Gasteiger partial charge in [0, 0.05) is 24.4 Å². The van der Waals surface area contributed by atoms with E-state index in [0.29, 0.717) is 18.1 Å². The molecule has 0 fully saturated rings. The average Bonchev–Trinajstić information content (AvgIpc) is 3.27. The van der Waals surface area contributed by atoms with E-state index in [4.69, 9.17) is 0 Å². The number of para-hydroxylation sites is 1. The molecule has 3 rings (SSSR count). The Labute approximate surface area is 183 Å². The van der Waals surface area contributed by atoms with Crippen LogP contribution in [0.2, 0.25) is 0 Å². The van der Waals surface area contributed by atoms with Crippen molar-refractivity contribution in [2.45, 2.75) is 13.3 Å². The molecule has 0 spiro atoms. The molecule has 9 heteroatoms. The Bertz CT molecular complexity index is 1130. The van der Waals surface area contributed by atoms with Gasteiger partial charge in [-0.2, -0.15) is 5.10 Å². The van der Waals surface area contributed by atoms with Crippen LogP contribution < -0.4 is 5.32 Å². The van der Waals surface area contributed by atoms with Crippen LogP contribution in [0.5, 0.6) is 0 Å². The summed E-state index contributed by atoms with van der Waals surface area (Å²) in [5.74, 6) is -5.70. The van der Waals surface area contributed by atoms with Gasteiger partial charge in [-0.1, -0.05) is 25.1 Å². The van der Waals surface area contributed by atoms with Gasteiger partial charge in [0.05, 0.1) is 17.6 Å². The molecule has 0 aliphatic heterocycles. The molecule has 3 aromatic rings. The van der Waals surface area contributed by atoms with Crippen molar-refractivity contribution < 1.29 is 22.8 Å². The first-order valence-corrected chi connectivity index (χ1v) is 9.89. The average molecular weight is 442 g/mol. The van der Waals surface area contributed by atoms with Gasteiger partial charge in [0.25, 0.3) is 0 Å². The summed E-state index contributed by atoms with van der Waals surface area (Å²) in [6.07, 6.45) is 6.82. The third kappa shape index (κ3) is 5.63. The topological polar surface area (TPSA) is 67.2 Å². The molecule has 0 aliphatic carbocycles. The Kier molecular flexibility index (Phi) is 7.43. The Hall–Kier alpha value is -3.88. The van der Waals surface area contributed by atoms with Crippen molar-refractivity contribution in [2.24, 2.45) is 0 Å². The van der Waals surface area contributed by atoms with Gasteiger partial charge in [-0.15, -0.1) is 0 Å². The molecule has 1 N–H and O–H groups in total. The van der Waals surface area contributed by atoms with Crippen LogP contribution in [-0.2, 0) is 9.59 Å². The van der Waals surface area contributed by atoms with Gasteiger partial charge in [0.15, 0.2) is 17.5 Å². The van der Waals surface area contributed by atoms with E-state index in [1.807, 2.05) is 37.3 Å². The number of carbonyl (C=O) groups excluding carboxylic acids is 2. The number of hydrogen-bond donors (Lipinski definition) is 1. The second-order valence-electron chi connectivity index (χ2n) is 6.92. The molecule has 0 unspecified atom stereocenters. The van der Waals surface area contributed by atoms with E-state index in [-0.39, 0.29) is 13.1 Å². The van der Waals surface area contributed by atoms with Crippen LogP contribution in [0.3, 0.4) is 0 Å². The van der Waals surface area contributed by atoms with Crippen molar-refractivity contribution in [3.8, 4) is 5.69 Å². The fraction of sp³-hybridized carbons (Fsp3) is 0.174. The summed E-state index contributed by atoms with van der Waals surface area (Å²) >= 11 is 0. The summed E-state index contributed by atoms with van der Waals surface area (Å²) in [4.78, 5) is 26.1. The first kappa shape index (κ1) is 22.8. The van der Waals surface area contributed by atoms with E-state index in [1.54, 1.807) is 23.2 Å². The van der Waals surface area contributed by atoms with Gasteiger partial charge < -0.3 is 10.2 Å². The molecule has 166 valence electrons. The largest absolute Gasteiger partial charge is 0.330 e. The summed E-state index contributed by atoms with van der Waals surface area (Å²) in [6.45, 7) is 1.74. The maximum atomic E-state index is 13.8. The van der Waals surface area contributed by atoms with Gasteiger partial charge in [-0.05, 0) is 36.8 Å². The number of anilines is 1. The quantitative estimate of drug-likeness (QED) is 0.420. The summed E-state index contributed by atoms with van der Waals surface area (Å²) < 4.78 is 41.8. The molecule has 0 saturated heterocycles. The van der Waals surface area contributed by atoms with Crippen LogP contribution >= 0.6 is 0 Å². The highest BCUT2D eigenvalue weighted by Gasteiger charge is 2.18. The van der Waals surface area contributed by atoms with Crippen LogP contribution in [-0.4, -0.2) is 39.6 Å². The van der Waals surface area contributed by atoms with E-state index in [0.717, 1.165) is 11.8 Å². The zero-order valence-electron chi connectivity index (χ0n) is 17.3. The second-order valence-corrected chi connectivity index (χ2v) is 6.92.